The van der Waals surface area contributed by atoms with E-state index in [0.29, 0.717) is 69.1 Å². The Hall–Kier alpha value is -5.12. The summed E-state index contributed by atoms with van der Waals surface area (Å²) in [5.74, 6) is 1.13. The molecule has 0 aliphatic carbocycles. The lowest BCUT2D eigenvalue weighted by molar-refractivity contribution is 0.260. The van der Waals surface area contributed by atoms with Gasteiger partial charge in [-0.1, -0.05) is 18.2 Å². The summed E-state index contributed by atoms with van der Waals surface area (Å²) in [6, 6.07) is 18.4. The highest BCUT2D eigenvalue weighted by Gasteiger charge is 2.22. The highest BCUT2D eigenvalue weighted by Crippen LogP contribution is 2.42. The maximum Gasteiger partial charge on any atom is 0.279 e. The molecule has 0 unspecified atom stereocenters. The molecule has 0 radical (unpaired) electrons. The third kappa shape index (κ3) is 4.98. The Morgan fingerprint density at radius 1 is 0.791 bits per heavy atom. The predicted molar refractivity (Wildman–Crippen MR) is 165 cm³/mol. The molecule has 9 nitrogen and oxygen atoms in total. The molecule has 6 aromatic rings. The van der Waals surface area contributed by atoms with Crippen LogP contribution < -0.4 is 15.0 Å². The van der Waals surface area contributed by atoms with Crippen molar-refractivity contribution in [2.24, 2.45) is 0 Å². The van der Waals surface area contributed by atoms with Gasteiger partial charge in [-0.15, -0.1) is 0 Å². The first-order valence-corrected chi connectivity index (χ1v) is 14.1. The summed E-state index contributed by atoms with van der Waals surface area (Å²) in [5.41, 5.74) is 3.76. The fourth-order valence-electron chi connectivity index (χ4n) is 5.51. The van der Waals surface area contributed by atoms with Crippen LogP contribution in [0.15, 0.2) is 90.2 Å². The van der Waals surface area contributed by atoms with Crippen molar-refractivity contribution in [2.45, 2.75) is 27.1 Å². The number of pyridine rings is 2. The summed E-state index contributed by atoms with van der Waals surface area (Å²) in [5, 5.41) is 28.6. The van der Waals surface area contributed by atoms with E-state index in [0.717, 1.165) is 16.3 Å². The van der Waals surface area contributed by atoms with Crippen LogP contribution in [0.1, 0.15) is 25.0 Å². The molecule has 216 valence electrons. The first-order valence-electron chi connectivity index (χ1n) is 14.1. The van der Waals surface area contributed by atoms with Crippen molar-refractivity contribution in [1.29, 1.82) is 0 Å². The van der Waals surface area contributed by atoms with Crippen LogP contribution in [0.3, 0.4) is 0 Å². The normalized spacial score (nSPS) is 11.3. The second kappa shape index (κ2) is 12.0. The summed E-state index contributed by atoms with van der Waals surface area (Å²) < 4.78 is 13.2. The third-order valence-electron chi connectivity index (χ3n) is 7.37. The van der Waals surface area contributed by atoms with Crippen molar-refractivity contribution in [3.63, 3.8) is 0 Å². The number of benzene rings is 3. The molecular weight excluding hydrogens is 544 g/mol. The largest absolute Gasteiger partial charge is 0.490 e. The Kier molecular flexibility index (Phi) is 7.83. The Morgan fingerprint density at radius 3 is 2.23 bits per heavy atom. The van der Waals surface area contributed by atoms with Gasteiger partial charge in [-0.25, -0.2) is 0 Å². The highest BCUT2D eigenvalue weighted by atomic mass is 16.5. The lowest BCUT2D eigenvalue weighted by Crippen LogP contribution is -2.23. The van der Waals surface area contributed by atoms with E-state index in [2.05, 4.69) is 9.97 Å². The van der Waals surface area contributed by atoms with E-state index in [1.165, 1.54) is 4.68 Å². The molecule has 0 amide bonds. The van der Waals surface area contributed by atoms with Crippen LogP contribution in [0.25, 0.3) is 49.6 Å². The van der Waals surface area contributed by atoms with Gasteiger partial charge in [0, 0.05) is 35.1 Å². The molecule has 6 rings (SSSR count). The quantitative estimate of drug-likeness (QED) is 0.234. The molecule has 0 saturated carbocycles. The van der Waals surface area contributed by atoms with Gasteiger partial charge < -0.3 is 19.7 Å². The van der Waals surface area contributed by atoms with Crippen LogP contribution in [0.5, 0.6) is 11.5 Å². The van der Waals surface area contributed by atoms with Crippen LogP contribution in [0.2, 0.25) is 0 Å². The zero-order chi connectivity index (χ0) is 29.9. The van der Waals surface area contributed by atoms with E-state index in [-0.39, 0.29) is 18.8 Å². The zero-order valence-corrected chi connectivity index (χ0v) is 23.8. The summed E-state index contributed by atoms with van der Waals surface area (Å²) in [6.45, 7) is 4.03. The molecule has 3 heterocycles. The predicted octanol–water partition coefficient (Wildman–Crippen LogP) is 5.44. The van der Waals surface area contributed by atoms with E-state index < -0.39 is 0 Å². The summed E-state index contributed by atoms with van der Waals surface area (Å²) in [6.07, 6.45) is 6.61. The van der Waals surface area contributed by atoms with Crippen molar-refractivity contribution in [1.82, 2.24) is 19.7 Å². The number of ether oxygens (including phenoxy) is 2. The molecule has 0 fully saturated rings. The van der Waals surface area contributed by atoms with Crippen LogP contribution in [0, 0.1) is 0 Å². The van der Waals surface area contributed by atoms with Crippen LogP contribution >= 0.6 is 0 Å². The van der Waals surface area contributed by atoms with E-state index in [4.69, 9.17) is 14.6 Å². The van der Waals surface area contributed by atoms with Crippen molar-refractivity contribution < 1.29 is 19.7 Å². The molecule has 0 atom stereocenters. The van der Waals surface area contributed by atoms with Crippen molar-refractivity contribution in [3.05, 3.63) is 107 Å². The topological polar surface area (TPSA) is 120 Å². The summed E-state index contributed by atoms with van der Waals surface area (Å²) >= 11 is 0. The second-order valence-corrected chi connectivity index (χ2v) is 9.84. The number of fused-ring (bicyclic) bond motifs is 2. The first kappa shape index (κ1) is 28.0. The van der Waals surface area contributed by atoms with Crippen molar-refractivity contribution in [2.75, 3.05) is 13.2 Å². The Bertz CT molecular complexity index is 2010. The number of aliphatic hydroxyl groups excluding tert-OH is 2. The lowest BCUT2D eigenvalue weighted by atomic mass is 9.89. The third-order valence-corrected chi connectivity index (χ3v) is 7.37. The molecule has 3 aromatic heterocycles. The van der Waals surface area contributed by atoms with Gasteiger partial charge >= 0.3 is 0 Å². The van der Waals surface area contributed by atoms with Gasteiger partial charge in [-0.2, -0.15) is 9.78 Å². The molecule has 0 bridgehead atoms. The average Bonchev–Trinajstić information content (AvgIpc) is 3.05. The standard InChI is InChI=1S/C34H30N4O5/c1-3-42-30-15-22-14-23(19-39)28(20-40)32(27(22)16-31(30)43-4-2)26-11-13-36-18-29(26)38-34(41)25-10-6-5-9-24(25)33(37-38)21-8-7-12-35-17-21/h5-18,39-40H,3-4,19-20H2,1-2H3. The Morgan fingerprint density at radius 2 is 1.53 bits per heavy atom. The van der Waals surface area contributed by atoms with Crippen LogP contribution in [-0.2, 0) is 13.2 Å². The van der Waals surface area contributed by atoms with E-state index >= 15 is 0 Å². The number of hydrogen-bond donors (Lipinski definition) is 2. The van der Waals surface area contributed by atoms with Gasteiger partial charge in [0.25, 0.3) is 5.56 Å². The number of hydrogen-bond acceptors (Lipinski definition) is 8. The molecule has 3 aromatic carbocycles. The Labute approximate surface area is 247 Å². The first-order chi connectivity index (χ1) is 21.1. The van der Waals surface area contributed by atoms with E-state index in [1.807, 2.05) is 62.4 Å². The molecule has 43 heavy (non-hydrogen) atoms. The van der Waals surface area contributed by atoms with Crippen LogP contribution in [0.4, 0.5) is 0 Å². The van der Waals surface area contributed by atoms with Gasteiger partial charge in [0.2, 0.25) is 0 Å². The smallest absolute Gasteiger partial charge is 0.279 e. The number of aliphatic hydroxyl groups is 2. The van der Waals surface area contributed by atoms with Crippen molar-refractivity contribution in [3.8, 4) is 39.6 Å². The minimum absolute atomic E-state index is 0.296. The fraction of sp³-hybridized carbons (Fsp3) is 0.176. The molecule has 0 aliphatic heterocycles. The number of aromatic nitrogens is 4. The molecular formula is C34H30N4O5. The maximum atomic E-state index is 14.0. The fourth-order valence-corrected chi connectivity index (χ4v) is 5.51. The van der Waals surface area contributed by atoms with Gasteiger partial charge in [0.1, 0.15) is 5.69 Å². The minimum Gasteiger partial charge on any atom is -0.490 e. The lowest BCUT2D eigenvalue weighted by Gasteiger charge is -2.21. The monoisotopic (exact) mass is 574 g/mol. The van der Waals surface area contributed by atoms with E-state index in [9.17, 15) is 15.0 Å². The second-order valence-electron chi connectivity index (χ2n) is 9.84. The highest BCUT2D eigenvalue weighted by molar-refractivity contribution is 6.02. The molecule has 0 saturated heterocycles. The summed E-state index contributed by atoms with van der Waals surface area (Å²) in [4.78, 5) is 22.7. The zero-order valence-electron chi connectivity index (χ0n) is 23.8. The molecule has 0 spiro atoms. The van der Waals surface area contributed by atoms with Gasteiger partial charge in [0.05, 0.1) is 43.7 Å². The SMILES string of the molecule is CCOc1cc2cc(CO)c(CO)c(-c3ccncc3-n3nc(-c4cccnc4)c4ccccc4c3=O)c2cc1OCC. The van der Waals surface area contributed by atoms with Crippen LogP contribution in [-0.4, -0.2) is 43.2 Å². The van der Waals surface area contributed by atoms with Gasteiger partial charge in [0.15, 0.2) is 11.5 Å². The van der Waals surface area contributed by atoms with Gasteiger partial charge in [-0.3, -0.25) is 14.8 Å². The Balaban J connectivity index is 1.71. The molecule has 9 heteroatoms. The molecule has 0 aliphatic rings. The van der Waals surface area contributed by atoms with E-state index in [1.54, 1.807) is 36.9 Å². The maximum absolute atomic E-state index is 14.0. The number of nitrogens with zero attached hydrogens (tertiary/aromatic N) is 4. The van der Waals surface area contributed by atoms with Crippen molar-refractivity contribution >= 4 is 21.5 Å². The molecule has 2 N–H and O–H groups in total. The average molecular weight is 575 g/mol. The summed E-state index contributed by atoms with van der Waals surface area (Å²) in [7, 11) is 0. The minimum atomic E-state index is -0.346. The van der Waals surface area contributed by atoms with Gasteiger partial charge in [-0.05, 0) is 83.8 Å². The number of rotatable bonds is 9.